The van der Waals surface area contributed by atoms with Crippen LogP contribution in [0, 0.1) is 6.92 Å². The van der Waals surface area contributed by atoms with Crippen molar-refractivity contribution in [3.05, 3.63) is 42.2 Å². The Morgan fingerprint density at radius 3 is 2.83 bits per heavy atom. The molecule has 0 saturated carbocycles. The van der Waals surface area contributed by atoms with Gasteiger partial charge in [0.25, 0.3) is 0 Å². The van der Waals surface area contributed by atoms with E-state index in [0.29, 0.717) is 23.7 Å². The third-order valence-corrected chi connectivity index (χ3v) is 3.55. The van der Waals surface area contributed by atoms with Crippen LogP contribution in [0.2, 0.25) is 0 Å². The number of hydrogen-bond acceptors (Lipinski definition) is 4. The van der Waals surface area contributed by atoms with Crippen LogP contribution in [0.1, 0.15) is 19.2 Å². The highest BCUT2D eigenvalue weighted by atomic mass is 16.4. The van der Waals surface area contributed by atoms with Crippen molar-refractivity contribution in [3.63, 3.8) is 0 Å². The van der Waals surface area contributed by atoms with E-state index in [-0.39, 0.29) is 0 Å². The number of aryl methyl sites for hydroxylation is 1. The van der Waals surface area contributed by atoms with Crippen LogP contribution in [-0.4, -0.2) is 37.6 Å². The first kappa shape index (κ1) is 15.0. The molecular weight excluding hydrogens is 294 g/mol. The van der Waals surface area contributed by atoms with Crippen molar-refractivity contribution in [3.8, 4) is 11.3 Å². The van der Waals surface area contributed by atoms with Gasteiger partial charge in [-0.1, -0.05) is 19.1 Å². The lowest BCUT2D eigenvalue weighted by molar-refractivity contribution is 0.202. The Kier molecular flexibility index (Phi) is 3.92. The van der Waals surface area contributed by atoms with E-state index < -0.39 is 6.09 Å². The molecule has 7 nitrogen and oxygen atoms in total. The number of fused-ring (bicyclic) bond motifs is 1. The van der Waals surface area contributed by atoms with E-state index in [0.717, 1.165) is 17.7 Å². The number of carbonyl (C=O) groups is 1. The number of aromatic nitrogens is 4. The molecule has 7 heteroatoms. The summed E-state index contributed by atoms with van der Waals surface area (Å²) in [6, 6.07) is 11.1. The molecule has 3 rings (SSSR count). The number of anilines is 1. The monoisotopic (exact) mass is 311 g/mol. The van der Waals surface area contributed by atoms with E-state index in [1.807, 2.05) is 44.2 Å². The predicted octanol–water partition coefficient (Wildman–Crippen LogP) is 2.99. The Morgan fingerprint density at radius 1 is 1.26 bits per heavy atom. The third-order valence-electron chi connectivity index (χ3n) is 3.55. The molecule has 0 fully saturated rings. The van der Waals surface area contributed by atoms with Gasteiger partial charge < -0.3 is 5.11 Å². The van der Waals surface area contributed by atoms with Gasteiger partial charge in [-0.3, -0.25) is 4.90 Å². The smallest absolute Gasteiger partial charge is 0.411 e. The van der Waals surface area contributed by atoms with Crippen LogP contribution < -0.4 is 4.90 Å². The fourth-order valence-electron chi connectivity index (χ4n) is 2.44. The molecule has 0 aliphatic rings. The molecule has 2 aromatic heterocycles. The SMILES string of the molecule is CCCN(C(=O)O)c1cccc(-c2ccc3nnc(C)n3n2)c1. The molecule has 2 heterocycles. The summed E-state index contributed by atoms with van der Waals surface area (Å²) in [4.78, 5) is 12.8. The van der Waals surface area contributed by atoms with Gasteiger partial charge in [0.15, 0.2) is 11.5 Å². The molecule has 1 amide bonds. The number of rotatable bonds is 4. The first-order valence-electron chi connectivity index (χ1n) is 7.40. The Balaban J connectivity index is 2.03. The van der Waals surface area contributed by atoms with Crippen molar-refractivity contribution < 1.29 is 9.90 Å². The molecule has 0 radical (unpaired) electrons. The van der Waals surface area contributed by atoms with Crippen LogP contribution in [0.15, 0.2) is 36.4 Å². The normalized spacial score (nSPS) is 10.9. The van der Waals surface area contributed by atoms with E-state index in [1.165, 1.54) is 4.90 Å². The van der Waals surface area contributed by atoms with Crippen molar-refractivity contribution in [2.45, 2.75) is 20.3 Å². The van der Waals surface area contributed by atoms with Gasteiger partial charge in [-0.25, -0.2) is 4.79 Å². The minimum absolute atomic E-state index is 0.454. The lowest BCUT2D eigenvalue weighted by Gasteiger charge is -2.19. The van der Waals surface area contributed by atoms with Gasteiger partial charge in [0.05, 0.1) is 5.69 Å². The average Bonchev–Trinajstić information content (AvgIpc) is 2.93. The fraction of sp³-hybridized carbons (Fsp3) is 0.250. The topological polar surface area (TPSA) is 83.6 Å². The molecule has 3 aromatic rings. The summed E-state index contributed by atoms with van der Waals surface area (Å²) in [6.45, 7) is 4.24. The molecule has 0 aliphatic carbocycles. The summed E-state index contributed by atoms with van der Waals surface area (Å²) in [6.07, 6.45) is -0.206. The summed E-state index contributed by atoms with van der Waals surface area (Å²) in [5, 5.41) is 21.9. The maximum absolute atomic E-state index is 11.4. The molecule has 0 atom stereocenters. The molecule has 0 unspecified atom stereocenters. The zero-order chi connectivity index (χ0) is 16.4. The van der Waals surface area contributed by atoms with Crippen molar-refractivity contribution in [2.75, 3.05) is 11.4 Å². The molecule has 0 aliphatic heterocycles. The van der Waals surface area contributed by atoms with Crippen molar-refractivity contribution >= 4 is 17.4 Å². The largest absolute Gasteiger partial charge is 0.465 e. The molecule has 0 bridgehead atoms. The lowest BCUT2D eigenvalue weighted by Crippen LogP contribution is -2.29. The van der Waals surface area contributed by atoms with Crippen LogP contribution in [0.4, 0.5) is 10.5 Å². The van der Waals surface area contributed by atoms with Crippen LogP contribution in [0.3, 0.4) is 0 Å². The molecule has 23 heavy (non-hydrogen) atoms. The van der Waals surface area contributed by atoms with E-state index in [9.17, 15) is 9.90 Å². The van der Waals surface area contributed by atoms with Gasteiger partial charge in [0.2, 0.25) is 0 Å². The highest BCUT2D eigenvalue weighted by Gasteiger charge is 2.14. The number of benzene rings is 1. The Hall–Kier alpha value is -2.96. The van der Waals surface area contributed by atoms with E-state index >= 15 is 0 Å². The summed E-state index contributed by atoms with van der Waals surface area (Å²) in [5.74, 6) is 0.705. The van der Waals surface area contributed by atoms with Crippen molar-refractivity contribution in [2.24, 2.45) is 0 Å². The van der Waals surface area contributed by atoms with Crippen molar-refractivity contribution in [1.29, 1.82) is 0 Å². The highest BCUT2D eigenvalue weighted by Crippen LogP contribution is 2.24. The van der Waals surface area contributed by atoms with Crippen LogP contribution in [0.5, 0.6) is 0 Å². The number of nitrogens with zero attached hydrogens (tertiary/aromatic N) is 5. The van der Waals surface area contributed by atoms with E-state index in [1.54, 1.807) is 10.6 Å². The first-order chi connectivity index (χ1) is 11.1. The predicted molar refractivity (Wildman–Crippen MR) is 86.6 cm³/mol. The lowest BCUT2D eigenvalue weighted by atomic mass is 10.1. The third kappa shape index (κ3) is 2.85. The van der Waals surface area contributed by atoms with Gasteiger partial charge in [0, 0.05) is 17.8 Å². The molecule has 1 N–H and O–H groups in total. The Morgan fingerprint density at radius 2 is 2.09 bits per heavy atom. The second-order valence-electron chi connectivity index (χ2n) is 5.22. The maximum Gasteiger partial charge on any atom is 0.411 e. The van der Waals surface area contributed by atoms with Gasteiger partial charge >= 0.3 is 6.09 Å². The second kappa shape index (κ2) is 6.04. The first-order valence-corrected chi connectivity index (χ1v) is 7.40. The zero-order valence-corrected chi connectivity index (χ0v) is 13.0. The quantitative estimate of drug-likeness (QED) is 0.800. The van der Waals surface area contributed by atoms with Crippen LogP contribution in [0.25, 0.3) is 16.9 Å². The van der Waals surface area contributed by atoms with Gasteiger partial charge in [-0.15, -0.1) is 10.2 Å². The Labute approximate surface area is 133 Å². The van der Waals surface area contributed by atoms with E-state index in [4.69, 9.17) is 0 Å². The number of hydrogen-bond donors (Lipinski definition) is 1. The Bertz CT molecular complexity index is 859. The molecule has 1 aromatic carbocycles. The average molecular weight is 311 g/mol. The van der Waals surface area contributed by atoms with Crippen molar-refractivity contribution in [1.82, 2.24) is 19.8 Å². The summed E-state index contributed by atoms with van der Waals surface area (Å²) in [7, 11) is 0. The minimum atomic E-state index is -0.956. The molecule has 0 saturated heterocycles. The van der Waals surface area contributed by atoms with E-state index in [2.05, 4.69) is 15.3 Å². The number of carboxylic acid groups (broad SMARTS) is 1. The number of amides is 1. The highest BCUT2D eigenvalue weighted by molar-refractivity contribution is 5.87. The molecule has 118 valence electrons. The zero-order valence-electron chi connectivity index (χ0n) is 13.0. The summed E-state index contributed by atoms with van der Waals surface area (Å²) in [5.41, 5.74) is 2.91. The van der Waals surface area contributed by atoms with Gasteiger partial charge in [-0.05, 0) is 37.6 Å². The minimum Gasteiger partial charge on any atom is -0.465 e. The van der Waals surface area contributed by atoms with Crippen LogP contribution >= 0.6 is 0 Å². The fourth-order valence-corrected chi connectivity index (χ4v) is 2.44. The molecular formula is C16H17N5O2. The van der Waals surface area contributed by atoms with Gasteiger partial charge in [-0.2, -0.15) is 9.61 Å². The van der Waals surface area contributed by atoms with Crippen LogP contribution in [-0.2, 0) is 0 Å². The standard InChI is InChI=1S/C16H17N5O2/c1-3-9-20(16(22)23)13-6-4-5-12(10-13)14-7-8-15-18-17-11(2)21(15)19-14/h4-8,10H,3,9H2,1-2H3,(H,22,23). The summed E-state index contributed by atoms with van der Waals surface area (Å²) < 4.78 is 1.67. The second-order valence-corrected chi connectivity index (χ2v) is 5.22. The van der Waals surface area contributed by atoms with Gasteiger partial charge in [0.1, 0.15) is 0 Å². The maximum atomic E-state index is 11.4. The summed E-state index contributed by atoms with van der Waals surface area (Å²) >= 11 is 0. The molecule has 0 spiro atoms.